The van der Waals surface area contributed by atoms with Crippen LogP contribution in [0.25, 0.3) is 5.57 Å². The minimum atomic E-state index is -0.410. The van der Waals surface area contributed by atoms with E-state index in [0.717, 1.165) is 5.03 Å². The summed E-state index contributed by atoms with van der Waals surface area (Å²) in [6.45, 7) is 5.77. The maximum Gasteiger partial charge on any atom is 0.339 e. The SMILES string of the molecule is C=C(C(=O)OCC)c1[nH]cnc1SC. The second-order valence-corrected chi connectivity index (χ2v) is 3.28. The van der Waals surface area contributed by atoms with Gasteiger partial charge in [-0.3, -0.25) is 0 Å². The van der Waals surface area contributed by atoms with E-state index in [2.05, 4.69) is 16.5 Å². The van der Waals surface area contributed by atoms with Gasteiger partial charge in [0.25, 0.3) is 0 Å². The number of imidazole rings is 1. The number of carbonyl (C=O) groups excluding carboxylic acids is 1. The van der Waals surface area contributed by atoms with Crippen LogP contribution in [0.15, 0.2) is 17.9 Å². The Bertz CT molecular complexity index is 346. The van der Waals surface area contributed by atoms with Gasteiger partial charge < -0.3 is 9.72 Å². The number of nitrogens with one attached hydrogen (secondary N) is 1. The first kappa shape index (κ1) is 10.8. The van der Waals surface area contributed by atoms with Gasteiger partial charge in [-0.15, -0.1) is 11.8 Å². The van der Waals surface area contributed by atoms with Gasteiger partial charge in [0.2, 0.25) is 0 Å². The molecule has 1 aromatic heterocycles. The number of carbonyl (C=O) groups is 1. The highest BCUT2D eigenvalue weighted by molar-refractivity contribution is 7.98. The summed E-state index contributed by atoms with van der Waals surface area (Å²) in [5.41, 5.74) is 0.949. The second kappa shape index (κ2) is 4.85. The van der Waals surface area contributed by atoms with Gasteiger partial charge in [0.15, 0.2) is 0 Å². The molecule has 0 fully saturated rings. The Kier molecular flexibility index (Phi) is 3.76. The molecule has 0 spiro atoms. The lowest BCUT2D eigenvalue weighted by Gasteiger charge is -2.03. The average molecular weight is 212 g/mol. The molecule has 0 atom stereocenters. The fourth-order valence-electron chi connectivity index (χ4n) is 0.973. The van der Waals surface area contributed by atoms with E-state index in [-0.39, 0.29) is 0 Å². The molecule has 4 nitrogen and oxygen atoms in total. The van der Waals surface area contributed by atoms with Crippen molar-refractivity contribution >= 4 is 23.3 Å². The van der Waals surface area contributed by atoms with Crippen LogP contribution in [-0.4, -0.2) is 28.8 Å². The van der Waals surface area contributed by atoms with E-state index < -0.39 is 5.97 Å². The molecule has 5 heteroatoms. The highest BCUT2D eigenvalue weighted by Gasteiger charge is 2.15. The van der Waals surface area contributed by atoms with Crippen molar-refractivity contribution in [2.45, 2.75) is 11.9 Å². The van der Waals surface area contributed by atoms with Crippen LogP contribution in [0.5, 0.6) is 0 Å². The monoisotopic (exact) mass is 212 g/mol. The highest BCUT2D eigenvalue weighted by Crippen LogP contribution is 2.22. The first-order valence-corrected chi connectivity index (χ1v) is 5.37. The van der Waals surface area contributed by atoms with E-state index in [9.17, 15) is 4.79 Å². The molecule has 1 heterocycles. The minimum Gasteiger partial charge on any atom is -0.462 e. The Morgan fingerprint density at radius 2 is 2.50 bits per heavy atom. The highest BCUT2D eigenvalue weighted by atomic mass is 32.2. The number of hydrogen-bond donors (Lipinski definition) is 1. The summed E-state index contributed by atoms with van der Waals surface area (Å²) in [4.78, 5) is 18.2. The molecular weight excluding hydrogens is 200 g/mol. The van der Waals surface area contributed by atoms with Gasteiger partial charge in [0, 0.05) is 0 Å². The Hall–Kier alpha value is -1.23. The fourth-order valence-corrected chi connectivity index (χ4v) is 1.52. The summed E-state index contributed by atoms with van der Waals surface area (Å²) in [6.07, 6.45) is 3.42. The smallest absolute Gasteiger partial charge is 0.339 e. The number of nitrogens with zero attached hydrogens (tertiary/aromatic N) is 1. The minimum absolute atomic E-state index is 0.314. The molecule has 0 radical (unpaired) electrons. The molecule has 0 aliphatic heterocycles. The molecule has 1 rings (SSSR count). The summed E-state index contributed by atoms with van der Waals surface area (Å²) in [5.74, 6) is -0.410. The van der Waals surface area contributed by atoms with Gasteiger partial charge in [-0.05, 0) is 13.2 Å². The van der Waals surface area contributed by atoms with Crippen LogP contribution >= 0.6 is 11.8 Å². The molecule has 76 valence electrons. The molecule has 0 saturated carbocycles. The number of H-pyrrole nitrogens is 1. The topological polar surface area (TPSA) is 55.0 Å². The largest absolute Gasteiger partial charge is 0.462 e. The van der Waals surface area contributed by atoms with Crippen molar-refractivity contribution in [3.63, 3.8) is 0 Å². The number of thioether (sulfide) groups is 1. The Morgan fingerprint density at radius 1 is 1.79 bits per heavy atom. The van der Waals surface area contributed by atoms with Gasteiger partial charge in [0.1, 0.15) is 5.03 Å². The van der Waals surface area contributed by atoms with Gasteiger partial charge in [0.05, 0.1) is 24.2 Å². The molecule has 0 saturated heterocycles. The average Bonchev–Trinajstić information content (AvgIpc) is 2.64. The maximum absolute atomic E-state index is 11.3. The Morgan fingerprint density at radius 3 is 3.07 bits per heavy atom. The Labute approximate surface area is 86.8 Å². The van der Waals surface area contributed by atoms with Crippen molar-refractivity contribution in [2.75, 3.05) is 12.9 Å². The lowest BCUT2D eigenvalue weighted by atomic mass is 10.2. The van der Waals surface area contributed by atoms with Gasteiger partial charge in [-0.25, -0.2) is 9.78 Å². The summed E-state index contributed by atoms with van der Waals surface area (Å²) < 4.78 is 4.83. The number of aromatic amines is 1. The summed E-state index contributed by atoms with van der Waals surface area (Å²) in [7, 11) is 0. The van der Waals surface area contributed by atoms with Crippen LogP contribution in [0.1, 0.15) is 12.6 Å². The fraction of sp³-hybridized carbons (Fsp3) is 0.333. The van der Waals surface area contributed by atoms with E-state index in [1.165, 1.54) is 18.1 Å². The van der Waals surface area contributed by atoms with Crippen LogP contribution in [0, 0.1) is 0 Å². The van der Waals surface area contributed by atoms with Crippen molar-refractivity contribution in [3.8, 4) is 0 Å². The van der Waals surface area contributed by atoms with Gasteiger partial charge in [-0.1, -0.05) is 6.58 Å². The normalized spacial score (nSPS) is 9.86. The third-order valence-corrected chi connectivity index (χ3v) is 2.32. The molecule has 0 aliphatic rings. The molecule has 0 amide bonds. The number of rotatable bonds is 4. The zero-order chi connectivity index (χ0) is 10.6. The van der Waals surface area contributed by atoms with Crippen molar-refractivity contribution in [1.29, 1.82) is 0 Å². The van der Waals surface area contributed by atoms with Gasteiger partial charge >= 0.3 is 5.97 Å². The number of esters is 1. The molecule has 0 unspecified atom stereocenters. The van der Waals surface area contributed by atoms with Crippen LogP contribution in [0.2, 0.25) is 0 Å². The summed E-state index contributed by atoms with van der Waals surface area (Å²) in [6, 6.07) is 0. The standard InChI is InChI=1S/C9H12N2O2S/c1-4-13-9(12)6(2)7-8(14-3)11-5-10-7/h5H,2,4H2,1,3H3,(H,10,11). The molecule has 1 aromatic rings. The van der Waals surface area contributed by atoms with E-state index in [1.807, 2.05) is 6.26 Å². The zero-order valence-corrected chi connectivity index (χ0v) is 8.98. The number of aromatic nitrogens is 2. The molecule has 0 aliphatic carbocycles. The number of hydrogen-bond acceptors (Lipinski definition) is 4. The van der Waals surface area contributed by atoms with Crippen molar-refractivity contribution in [2.24, 2.45) is 0 Å². The van der Waals surface area contributed by atoms with Gasteiger partial charge in [-0.2, -0.15) is 0 Å². The van der Waals surface area contributed by atoms with Crippen LogP contribution in [0.4, 0.5) is 0 Å². The lowest BCUT2D eigenvalue weighted by Crippen LogP contribution is -2.06. The van der Waals surface area contributed by atoms with E-state index >= 15 is 0 Å². The second-order valence-electron chi connectivity index (χ2n) is 2.49. The maximum atomic E-state index is 11.3. The van der Waals surface area contributed by atoms with E-state index in [4.69, 9.17) is 4.74 Å². The molecule has 0 aromatic carbocycles. The van der Waals surface area contributed by atoms with Crippen molar-refractivity contribution < 1.29 is 9.53 Å². The predicted molar refractivity (Wildman–Crippen MR) is 56.0 cm³/mol. The zero-order valence-electron chi connectivity index (χ0n) is 8.16. The van der Waals surface area contributed by atoms with Crippen molar-refractivity contribution in [3.05, 3.63) is 18.6 Å². The van der Waals surface area contributed by atoms with E-state index in [1.54, 1.807) is 6.92 Å². The summed E-state index contributed by atoms with van der Waals surface area (Å²) >= 11 is 1.45. The third kappa shape index (κ3) is 2.17. The predicted octanol–water partition coefficient (Wildman–Crippen LogP) is 1.71. The first-order chi connectivity index (χ1) is 6.70. The van der Waals surface area contributed by atoms with Crippen LogP contribution in [-0.2, 0) is 9.53 Å². The lowest BCUT2D eigenvalue weighted by molar-refractivity contribution is -0.136. The molecule has 1 N–H and O–H groups in total. The van der Waals surface area contributed by atoms with Crippen LogP contribution in [0.3, 0.4) is 0 Å². The third-order valence-electron chi connectivity index (χ3n) is 1.62. The molecule has 14 heavy (non-hydrogen) atoms. The molecule has 0 bridgehead atoms. The van der Waals surface area contributed by atoms with Crippen LogP contribution < -0.4 is 0 Å². The van der Waals surface area contributed by atoms with Crippen molar-refractivity contribution in [1.82, 2.24) is 9.97 Å². The van der Waals surface area contributed by atoms with E-state index in [0.29, 0.717) is 17.9 Å². The summed E-state index contributed by atoms with van der Waals surface area (Å²) in [5, 5.41) is 0.753. The molecular formula is C9H12N2O2S. The first-order valence-electron chi connectivity index (χ1n) is 4.14. The Balaban J connectivity index is 2.83. The quantitative estimate of drug-likeness (QED) is 0.469. The number of ether oxygens (including phenoxy) is 1.